The number of hydrogen-bond acceptors (Lipinski definition) is 3. The fraction of sp³-hybridized carbons (Fsp3) is 0.917. The van der Waals surface area contributed by atoms with Gasteiger partial charge in [0.1, 0.15) is 5.60 Å². The molecule has 1 aliphatic rings. The number of carbonyl (C=O) groups is 1. The molecule has 0 aromatic heterocycles. The normalized spacial score (nSPS) is 22.0. The Kier molecular flexibility index (Phi) is 4.59. The van der Waals surface area contributed by atoms with Crippen LogP contribution in [0.4, 0.5) is 4.79 Å². The maximum Gasteiger partial charge on any atom is 0.410 e. The Morgan fingerprint density at radius 2 is 2.19 bits per heavy atom. The van der Waals surface area contributed by atoms with Crippen molar-refractivity contribution in [2.24, 2.45) is 5.92 Å². The zero-order valence-electron chi connectivity index (χ0n) is 10.5. The van der Waals surface area contributed by atoms with Crippen molar-refractivity contribution in [3.8, 4) is 0 Å². The van der Waals surface area contributed by atoms with Crippen LogP contribution in [0.15, 0.2) is 0 Å². The molecule has 1 aliphatic heterocycles. The maximum absolute atomic E-state index is 11.8. The molecule has 1 atom stereocenters. The molecule has 1 amide bonds. The van der Waals surface area contributed by atoms with Crippen molar-refractivity contribution in [1.29, 1.82) is 0 Å². The van der Waals surface area contributed by atoms with Crippen molar-refractivity contribution in [2.75, 3.05) is 19.7 Å². The molecular weight excluding hydrogens is 206 g/mol. The number of ether oxygens (including phenoxy) is 1. The van der Waals surface area contributed by atoms with Gasteiger partial charge in [0, 0.05) is 19.7 Å². The van der Waals surface area contributed by atoms with Gasteiger partial charge in [-0.25, -0.2) is 4.79 Å². The highest BCUT2D eigenvalue weighted by atomic mass is 16.6. The zero-order valence-corrected chi connectivity index (χ0v) is 10.5. The molecule has 0 bridgehead atoms. The van der Waals surface area contributed by atoms with E-state index in [2.05, 4.69) is 0 Å². The lowest BCUT2D eigenvalue weighted by Gasteiger charge is -2.33. The maximum atomic E-state index is 11.8. The predicted octanol–water partition coefficient (Wildman–Crippen LogP) is 2.02. The highest BCUT2D eigenvalue weighted by Crippen LogP contribution is 2.21. The summed E-state index contributed by atoms with van der Waals surface area (Å²) in [6, 6.07) is 0. The molecule has 0 aromatic rings. The molecule has 0 radical (unpaired) electrons. The molecule has 1 N–H and O–H groups in total. The Balaban J connectivity index is 2.44. The third kappa shape index (κ3) is 4.39. The van der Waals surface area contributed by atoms with Gasteiger partial charge in [-0.1, -0.05) is 0 Å². The summed E-state index contributed by atoms with van der Waals surface area (Å²) >= 11 is 0. The lowest BCUT2D eigenvalue weighted by molar-refractivity contribution is 0.0152. The molecule has 0 saturated carbocycles. The Bertz CT molecular complexity index is 233. The van der Waals surface area contributed by atoms with Crippen molar-refractivity contribution >= 4 is 6.09 Å². The van der Waals surface area contributed by atoms with Gasteiger partial charge in [-0.3, -0.25) is 0 Å². The first-order valence-corrected chi connectivity index (χ1v) is 6.01. The van der Waals surface area contributed by atoms with E-state index >= 15 is 0 Å². The van der Waals surface area contributed by atoms with E-state index in [0.717, 1.165) is 32.4 Å². The zero-order chi connectivity index (χ0) is 12.2. The second-order valence-electron chi connectivity index (χ2n) is 5.45. The Hall–Kier alpha value is -0.770. The molecule has 94 valence electrons. The third-order valence-electron chi connectivity index (χ3n) is 2.71. The molecular formula is C12H23NO3. The van der Waals surface area contributed by atoms with Crippen LogP contribution in [-0.2, 0) is 4.74 Å². The molecule has 1 unspecified atom stereocenters. The van der Waals surface area contributed by atoms with Gasteiger partial charge in [-0.15, -0.1) is 0 Å². The summed E-state index contributed by atoms with van der Waals surface area (Å²) in [6.45, 7) is 7.32. The summed E-state index contributed by atoms with van der Waals surface area (Å²) in [5, 5.41) is 8.90. The summed E-state index contributed by atoms with van der Waals surface area (Å²) in [5.41, 5.74) is -0.430. The van der Waals surface area contributed by atoms with Gasteiger partial charge in [0.2, 0.25) is 0 Å². The minimum absolute atomic E-state index is 0.201. The lowest BCUT2D eigenvalue weighted by atomic mass is 9.95. The first-order valence-electron chi connectivity index (χ1n) is 6.01. The fourth-order valence-electron chi connectivity index (χ4n) is 1.98. The smallest absolute Gasteiger partial charge is 0.410 e. The van der Waals surface area contributed by atoms with Crippen molar-refractivity contribution in [3.05, 3.63) is 0 Å². The summed E-state index contributed by atoms with van der Waals surface area (Å²) in [6.07, 6.45) is 2.65. The van der Waals surface area contributed by atoms with Gasteiger partial charge in [-0.2, -0.15) is 0 Å². The van der Waals surface area contributed by atoms with E-state index in [1.165, 1.54) is 0 Å². The summed E-state index contributed by atoms with van der Waals surface area (Å²) in [5.74, 6) is 0.422. The average Bonchev–Trinajstić information content (AvgIpc) is 2.16. The number of likely N-dealkylation sites (tertiary alicyclic amines) is 1. The molecule has 4 heteroatoms. The summed E-state index contributed by atoms with van der Waals surface area (Å²) in [7, 11) is 0. The molecule has 1 saturated heterocycles. The second kappa shape index (κ2) is 5.53. The minimum atomic E-state index is -0.430. The van der Waals surface area contributed by atoms with E-state index in [4.69, 9.17) is 9.84 Å². The van der Waals surface area contributed by atoms with Crippen molar-refractivity contribution < 1.29 is 14.6 Å². The van der Waals surface area contributed by atoms with E-state index in [1.807, 2.05) is 20.8 Å². The number of amides is 1. The number of aliphatic hydroxyl groups is 1. The Labute approximate surface area is 97.6 Å². The summed E-state index contributed by atoms with van der Waals surface area (Å²) < 4.78 is 5.33. The molecule has 1 heterocycles. The molecule has 4 nitrogen and oxygen atoms in total. The van der Waals surface area contributed by atoms with E-state index in [0.29, 0.717) is 5.92 Å². The number of piperidine rings is 1. The Morgan fingerprint density at radius 1 is 1.50 bits per heavy atom. The van der Waals surface area contributed by atoms with Gasteiger partial charge >= 0.3 is 6.09 Å². The molecule has 1 fully saturated rings. The van der Waals surface area contributed by atoms with Crippen LogP contribution in [0.5, 0.6) is 0 Å². The average molecular weight is 229 g/mol. The Morgan fingerprint density at radius 3 is 2.75 bits per heavy atom. The largest absolute Gasteiger partial charge is 0.444 e. The number of carbonyl (C=O) groups excluding carboxylic acids is 1. The quantitative estimate of drug-likeness (QED) is 0.788. The predicted molar refractivity (Wildman–Crippen MR) is 62.2 cm³/mol. The van der Waals surface area contributed by atoms with Crippen LogP contribution in [0.1, 0.15) is 40.0 Å². The van der Waals surface area contributed by atoms with Crippen molar-refractivity contribution in [1.82, 2.24) is 4.90 Å². The molecule has 16 heavy (non-hydrogen) atoms. The van der Waals surface area contributed by atoms with Crippen LogP contribution in [0, 0.1) is 5.92 Å². The first-order chi connectivity index (χ1) is 7.42. The second-order valence-corrected chi connectivity index (χ2v) is 5.45. The number of nitrogens with zero attached hydrogens (tertiary/aromatic N) is 1. The van der Waals surface area contributed by atoms with Gasteiger partial charge in [-0.05, 0) is 46.0 Å². The topological polar surface area (TPSA) is 49.8 Å². The van der Waals surface area contributed by atoms with E-state index in [1.54, 1.807) is 4.90 Å². The van der Waals surface area contributed by atoms with Gasteiger partial charge < -0.3 is 14.7 Å². The van der Waals surface area contributed by atoms with E-state index < -0.39 is 5.60 Å². The highest BCUT2D eigenvalue weighted by Gasteiger charge is 2.27. The number of hydrogen-bond donors (Lipinski definition) is 1. The summed E-state index contributed by atoms with van der Waals surface area (Å²) in [4.78, 5) is 13.6. The van der Waals surface area contributed by atoms with Gasteiger partial charge in [0.25, 0.3) is 0 Å². The molecule has 0 aromatic carbocycles. The molecule has 0 spiro atoms. The minimum Gasteiger partial charge on any atom is -0.444 e. The van der Waals surface area contributed by atoms with E-state index in [-0.39, 0.29) is 12.7 Å². The third-order valence-corrected chi connectivity index (χ3v) is 2.71. The fourth-order valence-corrected chi connectivity index (χ4v) is 1.98. The van der Waals surface area contributed by atoms with Crippen LogP contribution in [-0.4, -0.2) is 41.4 Å². The van der Waals surface area contributed by atoms with Crippen LogP contribution < -0.4 is 0 Å². The number of rotatable bonds is 2. The van der Waals surface area contributed by atoms with Crippen LogP contribution in [0.25, 0.3) is 0 Å². The lowest BCUT2D eigenvalue weighted by Crippen LogP contribution is -2.43. The highest BCUT2D eigenvalue weighted by molar-refractivity contribution is 5.68. The first kappa shape index (κ1) is 13.3. The van der Waals surface area contributed by atoms with Crippen LogP contribution >= 0.6 is 0 Å². The molecule has 0 aliphatic carbocycles. The SMILES string of the molecule is CC(C)(C)OC(=O)N1CCCC(CCO)C1. The van der Waals surface area contributed by atoms with Crippen LogP contribution in [0.3, 0.4) is 0 Å². The van der Waals surface area contributed by atoms with Crippen molar-refractivity contribution in [2.45, 2.75) is 45.6 Å². The standard InChI is InChI=1S/C12H23NO3/c1-12(2,3)16-11(15)13-7-4-5-10(9-13)6-8-14/h10,14H,4-9H2,1-3H3. The molecule has 1 rings (SSSR count). The van der Waals surface area contributed by atoms with Crippen LogP contribution in [0.2, 0.25) is 0 Å². The van der Waals surface area contributed by atoms with Gasteiger partial charge in [0.15, 0.2) is 0 Å². The van der Waals surface area contributed by atoms with Crippen molar-refractivity contribution in [3.63, 3.8) is 0 Å². The van der Waals surface area contributed by atoms with Gasteiger partial charge in [0.05, 0.1) is 0 Å². The number of aliphatic hydroxyl groups excluding tert-OH is 1. The monoisotopic (exact) mass is 229 g/mol. The van der Waals surface area contributed by atoms with E-state index in [9.17, 15) is 4.79 Å².